The van der Waals surface area contributed by atoms with Crippen molar-refractivity contribution in [1.29, 1.82) is 0 Å². The van der Waals surface area contributed by atoms with Crippen LogP contribution in [0.3, 0.4) is 0 Å². The van der Waals surface area contributed by atoms with Crippen LogP contribution in [0.2, 0.25) is 0 Å². The molecule has 1 rings (SSSR count). The first-order chi connectivity index (χ1) is 7.85. The highest BCUT2D eigenvalue weighted by Gasteiger charge is 2.18. The summed E-state index contributed by atoms with van der Waals surface area (Å²) in [5.74, 6) is 0.262. The second-order valence-corrected chi connectivity index (χ2v) is 4.06. The molecule has 94 valence electrons. The van der Waals surface area contributed by atoms with Crippen LogP contribution in [0.1, 0.15) is 20.3 Å². The van der Waals surface area contributed by atoms with Crippen LogP contribution in [-0.4, -0.2) is 27.2 Å². The lowest BCUT2D eigenvalue weighted by Crippen LogP contribution is -2.32. The van der Waals surface area contributed by atoms with Crippen molar-refractivity contribution in [2.24, 2.45) is 0 Å². The molecule has 0 saturated carbocycles. The second-order valence-electron chi connectivity index (χ2n) is 4.06. The summed E-state index contributed by atoms with van der Waals surface area (Å²) < 4.78 is 0. The molecule has 0 spiro atoms. The van der Waals surface area contributed by atoms with Crippen molar-refractivity contribution in [3.63, 3.8) is 0 Å². The number of nitrogen functional groups attached to an aromatic ring is 1. The molecule has 0 saturated heterocycles. The van der Waals surface area contributed by atoms with Gasteiger partial charge in [0.05, 0.1) is 10.5 Å². The van der Waals surface area contributed by atoms with Gasteiger partial charge in [-0.2, -0.15) is 0 Å². The summed E-state index contributed by atoms with van der Waals surface area (Å²) in [6, 6.07) is 2.74. The van der Waals surface area contributed by atoms with Crippen molar-refractivity contribution in [2.45, 2.75) is 25.9 Å². The number of aliphatic hydroxyl groups is 1. The molecule has 0 radical (unpaired) electrons. The summed E-state index contributed by atoms with van der Waals surface area (Å²) in [7, 11) is 0. The molecule has 7 heteroatoms. The number of hydrogen-bond donors (Lipinski definition) is 3. The number of pyridine rings is 1. The Kier molecular flexibility index (Phi) is 3.84. The maximum atomic E-state index is 10.5. The molecule has 17 heavy (non-hydrogen) atoms. The summed E-state index contributed by atoms with van der Waals surface area (Å²) in [6.07, 6.45) is 0.586. The quantitative estimate of drug-likeness (QED) is 0.525. The number of rotatable bonds is 5. The molecule has 4 N–H and O–H groups in total. The highest BCUT2D eigenvalue weighted by molar-refractivity contribution is 5.57. The monoisotopic (exact) mass is 240 g/mol. The maximum Gasteiger partial charge on any atom is 0.311 e. The highest BCUT2D eigenvalue weighted by atomic mass is 16.6. The van der Waals surface area contributed by atoms with Crippen LogP contribution in [0, 0.1) is 10.1 Å². The Hall–Kier alpha value is -1.89. The minimum Gasteiger partial charge on any atom is -0.388 e. The summed E-state index contributed by atoms with van der Waals surface area (Å²) in [5.41, 5.74) is 4.37. The third kappa shape index (κ3) is 3.56. The normalized spacial score (nSPS) is 14.1. The van der Waals surface area contributed by atoms with Crippen LogP contribution >= 0.6 is 0 Å². The van der Waals surface area contributed by atoms with Crippen LogP contribution in [0.15, 0.2) is 12.1 Å². The number of nitrogens with two attached hydrogens (primary N) is 1. The number of nitro groups is 1. The number of nitrogens with one attached hydrogen (secondary N) is 1. The van der Waals surface area contributed by atoms with E-state index in [2.05, 4.69) is 10.3 Å². The molecule has 1 heterocycles. The molecule has 1 unspecified atom stereocenters. The lowest BCUT2D eigenvalue weighted by molar-refractivity contribution is -0.384. The van der Waals surface area contributed by atoms with Gasteiger partial charge < -0.3 is 16.2 Å². The zero-order valence-corrected chi connectivity index (χ0v) is 9.80. The van der Waals surface area contributed by atoms with E-state index in [9.17, 15) is 15.2 Å². The van der Waals surface area contributed by atoms with E-state index in [0.717, 1.165) is 0 Å². The van der Waals surface area contributed by atoms with Crippen LogP contribution in [-0.2, 0) is 0 Å². The first-order valence-electron chi connectivity index (χ1n) is 5.23. The van der Waals surface area contributed by atoms with Gasteiger partial charge in [-0.15, -0.1) is 0 Å². The Balaban J connectivity index is 2.75. The summed E-state index contributed by atoms with van der Waals surface area (Å²) in [4.78, 5) is 13.8. The molecule has 0 bridgehead atoms. The Morgan fingerprint density at radius 3 is 2.76 bits per heavy atom. The molecule has 1 aromatic rings. The fourth-order valence-electron chi connectivity index (χ4n) is 1.13. The van der Waals surface area contributed by atoms with Crippen molar-refractivity contribution in [3.8, 4) is 0 Å². The van der Waals surface area contributed by atoms with Crippen molar-refractivity contribution in [1.82, 2.24) is 4.98 Å². The molecule has 1 atom stereocenters. The molecule has 0 aliphatic rings. The van der Waals surface area contributed by atoms with Crippen LogP contribution in [0.25, 0.3) is 0 Å². The Labute approximate surface area is 98.8 Å². The molecule has 7 nitrogen and oxygen atoms in total. The van der Waals surface area contributed by atoms with E-state index in [1.165, 1.54) is 12.1 Å². The lowest BCUT2D eigenvalue weighted by Gasteiger charge is -2.21. The standard InChI is InChI=1S/C10H16N4O3/c1-3-10(2,15)6-12-8-5-4-7(14(16)17)9(11)13-8/h4-5,15H,3,6H2,1-2H3,(H3,11,12,13). The Morgan fingerprint density at radius 2 is 2.29 bits per heavy atom. The number of aromatic nitrogens is 1. The van der Waals surface area contributed by atoms with E-state index in [0.29, 0.717) is 18.8 Å². The Bertz CT molecular complexity index is 420. The van der Waals surface area contributed by atoms with Crippen molar-refractivity contribution >= 4 is 17.3 Å². The minimum atomic E-state index is -0.849. The van der Waals surface area contributed by atoms with Gasteiger partial charge in [0.1, 0.15) is 5.82 Å². The molecule has 0 aromatic carbocycles. The van der Waals surface area contributed by atoms with E-state index in [1.54, 1.807) is 6.92 Å². The van der Waals surface area contributed by atoms with E-state index in [-0.39, 0.29) is 11.5 Å². The Morgan fingerprint density at radius 1 is 1.65 bits per heavy atom. The van der Waals surface area contributed by atoms with Crippen molar-refractivity contribution in [3.05, 3.63) is 22.2 Å². The van der Waals surface area contributed by atoms with Crippen molar-refractivity contribution < 1.29 is 10.0 Å². The van der Waals surface area contributed by atoms with Gasteiger partial charge in [0.25, 0.3) is 0 Å². The number of hydrogen-bond acceptors (Lipinski definition) is 6. The number of nitrogens with zero attached hydrogens (tertiary/aromatic N) is 2. The lowest BCUT2D eigenvalue weighted by atomic mass is 10.0. The fraction of sp³-hybridized carbons (Fsp3) is 0.500. The van der Waals surface area contributed by atoms with Gasteiger partial charge in [0.2, 0.25) is 5.82 Å². The molecule has 1 aromatic heterocycles. The summed E-state index contributed by atoms with van der Waals surface area (Å²) >= 11 is 0. The van der Waals surface area contributed by atoms with Crippen molar-refractivity contribution in [2.75, 3.05) is 17.6 Å². The van der Waals surface area contributed by atoms with Gasteiger partial charge in [-0.25, -0.2) is 4.98 Å². The highest BCUT2D eigenvalue weighted by Crippen LogP contribution is 2.21. The SMILES string of the molecule is CCC(C)(O)CNc1ccc([N+](=O)[O-])c(N)n1. The smallest absolute Gasteiger partial charge is 0.311 e. The first-order valence-corrected chi connectivity index (χ1v) is 5.23. The van der Waals surface area contributed by atoms with Crippen LogP contribution in [0.4, 0.5) is 17.3 Å². The van der Waals surface area contributed by atoms with Gasteiger partial charge in [0.15, 0.2) is 0 Å². The van der Waals surface area contributed by atoms with Gasteiger partial charge in [-0.1, -0.05) is 6.92 Å². The van der Waals surface area contributed by atoms with E-state index >= 15 is 0 Å². The molecule has 0 aliphatic carbocycles. The molecule has 0 amide bonds. The number of anilines is 2. The average molecular weight is 240 g/mol. The molecule has 0 aliphatic heterocycles. The third-order valence-corrected chi connectivity index (χ3v) is 2.51. The van der Waals surface area contributed by atoms with Gasteiger partial charge in [-0.3, -0.25) is 10.1 Å². The topological polar surface area (TPSA) is 114 Å². The molecular formula is C10H16N4O3. The van der Waals surface area contributed by atoms with Gasteiger partial charge >= 0.3 is 5.69 Å². The molecular weight excluding hydrogens is 224 g/mol. The summed E-state index contributed by atoms with van der Waals surface area (Å²) in [5, 5.41) is 23.2. The first kappa shape index (κ1) is 13.2. The molecule has 0 fully saturated rings. The second kappa shape index (κ2) is 4.96. The van der Waals surface area contributed by atoms with E-state index < -0.39 is 10.5 Å². The van der Waals surface area contributed by atoms with E-state index in [1.807, 2.05) is 6.92 Å². The average Bonchev–Trinajstić information content (AvgIpc) is 2.26. The van der Waals surface area contributed by atoms with Crippen LogP contribution in [0.5, 0.6) is 0 Å². The van der Waals surface area contributed by atoms with E-state index in [4.69, 9.17) is 5.73 Å². The zero-order chi connectivity index (χ0) is 13.1. The van der Waals surface area contributed by atoms with Crippen LogP contribution < -0.4 is 11.1 Å². The minimum absolute atomic E-state index is 0.142. The third-order valence-electron chi connectivity index (χ3n) is 2.51. The predicted molar refractivity (Wildman–Crippen MR) is 64.7 cm³/mol. The van der Waals surface area contributed by atoms with Gasteiger partial charge in [-0.05, 0) is 19.4 Å². The largest absolute Gasteiger partial charge is 0.388 e. The maximum absolute atomic E-state index is 10.5. The fourth-order valence-corrected chi connectivity index (χ4v) is 1.13. The zero-order valence-electron chi connectivity index (χ0n) is 9.80. The summed E-state index contributed by atoms with van der Waals surface area (Å²) in [6.45, 7) is 3.85. The van der Waals surface area contributed by atoms with Gasteiger partial charge in [0, 0.05) is 12.6 Å². The predicted octanol–water partition coefficient (Wildman–Crippen LogP) is 1.14.